The van der Waals surface area contributed by atoms with Crippen molar-refractivity contribution in [1.29, 1.82) is 0 Å². The molecule has 1 aliphatic heterocycles. The van der Waals surface area contributed by atoms with Gasteiger partial charge in [-0.05, 0) is 48.6 Å². The van der Waals surface area contributed by atoms with E-state index in [1.54, 1.807) is 30.2 Å². The second kappa shape index (κ2) is 14.2. The lowest BCUT2D eigenvalue weighted by molar-refractivity contribution is -0.141. The highest BCUT2D eigenvalue weighted by molar-refractivity contribution is 7.92. The van der Waals surface area contributed by atoms with Gasteiger partial charge in [-0.2, -0.15) is 0 Å². The van der Waals surface area contributed by atoms with Gasteiger partial charge in [0.25, 0.3) is 0 Å². The van der Waals surface area contributed by atoms with E-state index >= 15 is 0 Å². The zero-order valence-corrected chi connectivity index (χ0v) is 24.8. The third-order valence-corrected chi connectivity index (χ3v) is 7.74. The van der Waals surface area contributed by atoms with E-state index in [-0.39, 0.29) is 43.7 Å². The van der Waals surface area contributed by atoms with Gasteiger partial charge in [0.05, 0.1) is 19.1 Å². The Hall–Kier alpha value is -3.47. The number of sulfonamides is 1. The number of carbonyl (C=O) groups is 2. The summed E-state index contributed by atoms with van der Waals surface area (Å²) in [6, 6.07) is 11.7. The van der Waals surface area contributed by atoms with Crippen molar-refractivity contribution in [2.75, 3.05) is 44.0 Å². The summed E-state index contributed by atoms with van der Waals surface area (Å²) in [5.41, 5.74) is 1.30. The van der Waals surface area contributed by atoms with Crippen molar-refractivity contribution >= 4 is 27.5 Å². The minimum Gasteiger partial charge on any atom is -0.497 e. The van der Waals surface area contributed by atoms with Gasteiger partial charge in [-0.1, -0.05) is 32.9 Å². The molecular formula is C29H41N3O7S. The molecule has 1 atom stereocenters. The number of amides is 2. The van der Waals surface area contributed by atoms with E-state index in [0.717, 1.165) is 11.8 Å². The maximum atomic E-state index is 13.6. The Morgan fingerprint density at radius 3 is 2.33 bits per heavy atom. The molecule has 0 saturated carbocycles. The fraction of sp³-hybridized carbons (Fsp3) is 0.517. The van der Waals surface area contributed by atoms with Gasteiger partial charge in [0, 0.05) is 32.1 Å². The lowest BCUT2D eigenvalue weighted by Crippen LogP contribution is -2.49. The van der Waals surface area contributed by atoms with Crippen LogP contribution in [-0.4, -0.2) is 70.8 Å². The number of methoxy groups -OCH3 is 1. The highest BCUT2D eigenvalue weighted by atomic mass is 32.2. The third-order valence-electron chi connectivity index (χ3n) is 6.55. The van der Waals surface area contributed by atoms with Crippen molar-refractivity contribution in [3.63, 3.8) is 0 Å². The molecule has 0 aliphatic carbocycles. The summed E-state index contributed by atoms with van der Waals surface area (Å²) in [5.74, 6) is 1.59. The van der Waals surface area contributed by atoms with Crippen LogP contribution in [0.15, 0.2) is 42.5 Å². The second-order valence-electron chi connectivity index (χ2n) is 10.2. The number of fused-ring (bicyclic) bond motifs is 1. The van der Waals surface area contributed by atoms with Crippen molar-refractivity contribution in [1.82, 2.24) is 10.2 Å². The Balaban J connectivity index is 1.76. The predicted octanol–water partition coefficient (Wildman–Crippen LogP) is 3.59. The van der Waals surface area contributed by atoms with Crippen LogP contribution in [0.2, 0.25) is 0 Å². The van der Waals surface area contributed by atoms with Crippen LogP contribution in [0.5, 0.6) is 17.2 Å². The van der Waals surface area contributed by atoms with E-state index in [1.165, 1.54) is 4.31 Å². The van der Waals surface area contributed by atoms with Gasteiger partial charge in [-0.25, -0.2) is 8.42 Å². The SMILES string of the molecule is CC[C@@H](C(=O)NCC(C)C)N(Cc1ccc(OC)cc1)C(=O)CCCN(c1ccc2c(c1)OCCO2)S(C)(=O)=O. The molecule has 220 valence electrons. The van der Waals surface area contributed by atoms with Crippen LogP contribution < -0.4 is 23.8 Å². The lowest BCUT2D eigenvalue weighted by Gasteiger charge is -2.31. The standard InChI is InChI=1S/C29H41N3O7S/c1-6-25(29(34)30-19-21(2)3)31(20-22-9-12-24(37-4)13-10-22)28(33)8-7-15-32(40(5,35)36)23-11-14-26-27(18-23)39-17-16-38-26/h9-14,18,21,25H,6-8,15-17,19-20H2,1-5H3,(H,30,34)/t25-/m0/s1. The summed E-state index contributed by atoms with van der Waals surface area (Å²) >= 11 is 0. The quantitative estimate of drug-likeness (QED) is 0.366. The number of nitrogens with one attached hydrogen (secondary N) is 1. The Morgan fingerprint density at radius 2 is 1.73 bits per heavy atom. The fourth-order valence-electron chi connectivity index (χ4n) is 4.46. The average Bonchev–Trinajstić information content (AvgIpc) is 2.93. The van der Waals surface area contributed by atoms with Gasteiger partial charge in [-0.15, -0.1) is 0 Å². The first-order valence-electron chi connectivity index (χ1n) is 13.6. The van der Waals surface area contributed by atoms with Crippen molar-refractivity contribution in [2.24, 2.45) is 5.92 Å². The van der Waals surface area contributed by atoms with Gasteiger partial charge in [0.15, 0.2) is 11.5 Å². The number of benzene rings is 2. The molecule has 3 rings (SSSR count). The average molecular weight is 576 g/mol. The molecule has 2 aromatic rings. The minimum absolute atomic E-state index is 0.0701. The van der Waals surface area contributed by atoms with E-state index in [9.17, 15) is 18.0 Å². The van der Waals surface area contributed by atoms with Crippen LogP contribution in [-0.2, 0) is 26.2 Å². The number of hydrogen-bond acceptors (Lipinski definition) is 7. The van der Waals surface area contributed by atoms with Gasteiger partial charge >= 0.3 is 0 Å². The van der Waals surface area contributed by atoms with Gasteiger partial charge in [-0.3, -0.25) is 13.9 Å². The smallest absolute Gasteiger partial charge is 0.242 e. The van der Waals surface area contributed by atoms with E-state index in [1.807, 2.05) is 45.0 Å². The molecule has 2 aromatic carbocycles. The van der Waals surface area contributed by atoms with E-state index < -0.39 is 16.1 Å². The van der Waals surface area contributed by atoms with Gasteiger partial charge in [0.2, 0.25) is 21.8 Å². The van der Waals surface area contributed by atoms with Crippen molar-refractivity contribution in [3.05, 3.63) is 48.0 Å². The zero-order valence-electron chi connectivity index (χ0n) is 24.0. The molecule has 10 nitrogen and oxygen atoms in total. The fourth-order valence-corrected chi connectivity index (χ4v) is 5.42. The summed E-state index contributed by atoms with van der Waals surface area (Å²) in [6.45, 7) is 7.57. The molecule has 0 aromatic heterocycles. The first-order chi connectivity index (χ1) is 19.0. The Kier molecular flexibility index (Phi) is 11.1. The first kappa shape index (κ1) is 31.1. The van der Waals surface area contributed by atoms with E-state index in [4.69, 9.17) is 14.2 Å². The van der Waals surface area contributed by atoms with E-state index in [0.29, 0.717) is 49.1 Å². The number of carbonyl (C=O) groups excluding carboxylic acids is 2. The van der Waals surface area contributed by atoms with Crippen molar-refractivity contribution in [2.45, 2.75) is 52.6 Å². The topological polar surface area (TPSA) is 114 Å². The number of ether oxygens (including phenoxy) is 3. The molecule has 0 bridgehead atoms. The first-order valence-corrected chi connectivity index (χ1v) is 15.5. The summed E-state index contributed by atoms with van der Waals surface area (Å²) < 4.78 is 43.0. The number of rotatable bonds is 14. The van der Waals surface area contributed by atoms with Crippen LogP contribution in [0.3, 0.4) is 0 Å². The molecule has 40 heavy (non-hydrogen) atoms. The largest absolute Gasteiger partial charge is 0.497 e. The summed E-state index contributed by atoms with van der Waals surface area (Å²) in [4.78, 5) is 28.3. The molecule has 0 radical (unpaired) electrons. The van der Waals surface area contributed by atoms with Crippen LogP contribution in [0.4, 0.5) is 5.69 Å². The minimum atomic E-state index is -3.63. The molecule has 2 amide bonds. The molecule has 1 aliphatic rings. The Labute approximate surface area is 237 Å². The molecule has 0 unspecified atom stereocenters. The molecule has 1 heterocycles. The van der Waals surface area contributed by atoms with Gasteiger partial charge < -0.3 is 24.4 Å². The maximum absolute atomic E-state index is 13.6. The number of hydrogen-bond donors (Lipinski definition) is 1. The van der Waals surface area contributed by atoms with E-state index in [2.05, 4.69) is 5.32 Å². The molecule has 0 saturated heterocycles. The predicted molar refractivity (Wildman–Crippen MR) is 154 cm³/mol. The normalized spacial score (nSPS) is 13.4. The highest BCUT2D eigenvalue weighted by Gasteiger charge is 2.29. The molecular weight excluding hydrogens is 534 g/mol. The van der Waals surface area contributed by atoms with Crippen molar-refractivity contribution < 1.29 is 32.2 Å². The van der Waals surface area contributed by atoms with Crippen LogP contribution in [0, 0.1) is 5.92 Å². The van der Waals surface area contributed by atoms with Crippen LogP contribution >= 0.6 is 0 Å². The third kappa shape index (κ3) is 8.51. The summed E-state index contributed by atoms with van der Waals surface area (Å²) in [6.07, 6.45) is 1.91. The monoisotopic (exact) mass is 575 g/mol. The lowest BCUT2D eigenvalue weighted by atomic mass is 10.1. The zero-order chi connectivity index (χ0) is 29.3. The molecule has 0 fully saturated rings. The Morgan fingerprint density at radius 1 is 1.05 bits per heavy atom. The maximum Gasteiger partial charge on any atom is 0.242 e. The second-order valence-corrected chi connectivity index (χ2v) is 12.1. The molecule has 11 heteroatoms. The molecule has 1 N–H and O–H groups in total. The van der Waals surface area contributed by atoms with Gasteiger partial charge in [0.1, 0.15) is 25.0 Å². The molecule has 0 spiro atoms. The van der Waals surface area contributed by atoms with Crippen LogP contribution in [0.25, 0.3) is 0 Å². The Bertz CT molecular complexity index is 1250. The number of nitrogens with zero attached hydrogens (tertiary/aromatic N) is 2. The van der Waals surface area contributed by atoms with Crippen molar-refractivity contribution in [3.8, 4) is 17.2 Å². The van der Waals surface area contributed by atoms with Crippen LogP contribution in [0.1, 0.15) is 45.6 Å². The number of anilines is 1. The highest BCUT2D eigenvalue weighted by Crippen LogP contribution is 2.34. The summed E-state index contributed by atoms with van der Waals surface area (Å²) in [7, 11) is -2.05. The summed E-state index contributed by atoms with van der Waals surface area (Å²) in [5, 5.41) is 2.95.